The van der Waals surface area contributed by atoms with Gasteiger partial charge in [0.05, 0.1) is 6.04 Å². The van der Waals surface area contributed by atoms with Gasteiger partial charge in [0.25, 0.3) is 0 Å². The molecule has 0 aromatic rings. The number of carboxylic acids is 1. The van der Waals surface area contributed by atoms with E-state index < -0.39 is 47.9 Å². The van der Waals surface area contributed by atoms with Crippen LogP contribution in [0.5, 0.6) is 0 Å². The third-order valence-corrected chi connectivity index (χ3v) is 5.32. The normalized spacial score (nSPS) is 14.8. The molecule has 0 saturated carbocycles. The number of unbranched alkanes of at least 4 members (excludes halogenated alkanes) is 2. The summed E-state index contributed by atoms with van der Waals surface area (Å²) in [7, 11) is 0. The van der Waals surface area contributed by atoms with E-state index in [-0.39, 0.29) is 18.1 Å². The highest BCUT2D eigenvalue weighted by atomic mass is 32.1. The summed E-state index contributed by atoms with van der Waals surface area (Å²) in [6.07, 6.45) is 3.03. The second kappa shape index (κ2) is 16.7. The molecule has 12 heteroatoms. The molecule has 0 rings (SSSR count). The Kier molecular flexibility index (Phi) is 15.7. The molecular formula is C20H40N6O5S. The number of carbonyl (C=O) groups is 4. The minimum absolute atomic E-state index is 0.110. The molecule has 0 bridgehead atoms. The molecule has 0 aromatic carbocycles. The van der Waals surface area contributed by atoms with Gasteiger partial charge in [-0.05, 0) is 57.5 Å². The maximum atomic E-state index is 12.9. The third kappa shape index (κ3) is 11.7. The minimum Gasteiger partial charge on any atom is -0.480 e. The van der Waals surface area contributed by atoms with Crippen LogP contribution in [-0.2, 0) is 19.2 Å². The van der Waals surface area contributed by atoms with Crippen molar-refractivity contribution in [3.05, 3.63) is 0 Å². The fraction of sp³-hybridized carbons (Fsp3) is 0.800. The smallest absolute Gasteiger partial charge is 0.326 e. The summed E-state index contributed by atoms with van der Waals surface area (Å²) in [5.41, 5.74) is 16.7. The van der Waals surface area contributed by atoms with Gasteiger partial charge in [0, 0.05) is 5.75 Å². The predicted molar refractivity (Wildman–Crippen MR) is 126 cm³/mol. The Balaban J connectivity index is 5.43. The van der Waals surface area contributed by atoms with Gasteiger partial charge in [-0.3, -0.25) is 14.4 Å². The number of hydrogen-bond donors (Lipinski definition) is 8. The van der Waals surface area contributed by atoms with Crippen LogP contribution in [0.3, 0.4) is 0 Å². The molecule has 0 radical (unpaired) electrons. The number of amides is 3. The number of hydrogen-bond acceptors (Lipinski definition) is 8. The van der Waals surface area contributed by atoms with Crippen LogP contribution in [0.25, 0.3) is 0 Å². The Morgan fingerprint density at radius 1 is 0.812 bits per heavy atom. The average molecular weight is 477 g/mol. The zero-order valence-electron chi connectivity index (χ0n) is 19.0. The number of aliphatic carboxylic acids is 1. The lowest BCUT2D eigenvalue weighted by Crippen LogP contribution is -2.57. The van der Waals surface area contributed by atoms with Gasteiger partial charge in [-0.2, -0.15) is 12.6 Å². The van der Waals surface area contributed by atoms with Gasteiger partial charge in [0.1, 0.15) is 18.1 Å². The van der Waals surface area contributed by atoms with Crippen LogP contribution in [0, 0.1) is 5.92 Å². The van der Waals surface area contributed by atoms with E-state index in [1.54, 1.807) is 13.8 Å². The topological polar surface area (TPSA) is 203 Å². The summed E-state index contributed by atoms with van der Waals surface area (Å²) in [5, 5.41) is 17.1. The number of thiol groups is 1. The minimum atomic E-state index is -1.16. The van der Waals surface area contributed by atoms with E-state index in [0.29, 0.717) is 45.2 Å². The zero-order chi connectivity index (χ0) is 24.7. The van der Waals surface area contributed by atoms with Gasteiger partial charge >= 0.3 is 5.97 Å². The summed E-state index contributed by atoms with van der Waals surface area (Å²) >= 11 is 4.00. The first-order valence-electron chi connectivity index (χ1n) is 11.0. The molecule has 4 atom stereocenters. The molecule has 4 unspecified atom stereocenters. The van der Waals surface area contributed by atoms with Crippen LogP contribution < -0.4 is 33.2 Å². The SMILES string of the molecule is CC(C)C(NC(=O)C(CCCCN)NC(=O)C(CCCCN)NC(=O)C(N)CS)C(=O)O. The number of rotatable bonds is 17. The van der Waals surface area contributed by atoms with Gasteiger partial charge in [0.15, 0.2) is 0 Å². The lowest BCUT2D eigenvalue weighted by molar-refractivity contribution is -0.143. The van der Waals surface area contributed by atoms with E-state index in [1.165, 1.54) is 0 Å². The van der Waals surface area contributed by atoms with E-state index in [2.05, 4.69) is 28.6 Å². The van der Waals surface area contributed by atoms with E-state index in [4.69, 9.17) is 17.2 Å². The molecule has 0 spiro atoms. The largest absolute Gasteiger partial charge is 0.480 e. The summed E-state index contributed by atoms with van der Waals surface area (Å²) in [4.78, 5) is 49.4. The van der Waals surface area contributed by atoms with Gasteiger partial charge in [-0.25, -0.2) is 4.79 Å². The first-order valence-corrected chi connectivity index (χ1v) is 11.6. The number of carbonyl (C=O) groups excluding carboxylic acids is 3. The molecule has 186 valence electrons. The fourth-order valence-electron chi connectivity index (χ4n) is 2.92. The summed E-state index contributed by atoms with van der Waals surface area (Å²) < 4.78 is 0. The molecule has 32 heavy (non-hydrogen) atoms. The molecule has 0 aliphatic rings. The van der Waals surface area contributed by atoms with Crippen LogP contribution in [0.4, 0.5) is 0 Å². The number of carboxylic acid groups (broad SMARTS) is 1. The van der Waals surface area contributed by atoms with Gasteiger partial charge in [-0.15, -0.1) is 0 Å². The highest BCUT2D eigenvalue weighted by Crippen LogP contribution is 2.08. The van der Waals surface area contributed by atoms with Crippen molar-refractivity contribution in [2.45, 2.75) is 76.5 Å². The van der Waals surface area contributed by atoms with Crippen LogP contribution in [-0.4, -0.2) is 71.8 Å². The van der Waals surface area contributed by atoms with Gasteiger partial charge < -0.3 is 38.3 Å². The predicted octanol–water partition coefficient (Wildman–Crippen LogP) is -1.30. The second-order valence-electron chi connectivity index (χ2n) is 8.05. The van der Waals surface area contributed by atoms with Crippen molar-refractivity contribution in [2.24, 2.45) is 23.1 Å². The molecule has 0 aliphatic heterocycles. The Bertz CT molecular complexity index is 607. The van der Waals surface area contributed by atoms with Crippen molar-refractivity contribution < 1.29 is 24.3 Å². The van der Waals surface area contributed by atoms with Crippen LogP contribution in [0.15, 0.2) is 0 Å². The standard InChI is InChI=1S/C20H40N6O5S/c1-12(2)16(20(30)31)26-19(29)15(8-4-6-10-22)25-18(28)14(7-3-5-9-21)24-17(27)13(23)11-32/h12-16,32H,3-11,21-23H2,1-2H3,(H,24,27)(H,25,28)(H,26,29)(H,30,31). The Labute approximate surface area is 195 Å². The fourth-order valence-corrected chi connectivity index (χ4v) is 3.09. The Morgan fingerprint density at radius 3 is 1.62 bits per heavy atom. The molecule has 3 amide bonds. The van der Waals surface area contributed by atoms with Crippen LogP contribution >= 0.6 is 12.6 Å². The zero-order valence-corrected chi connectivity index (χ0v) is 19.9. The molecule has 10 N–H and O–H groups in total. The Hall–Kier alpha value is -1.89. The van der Waals surface area contributed by atoms with E-state index in [9.17, 15) is 24.3 Å². The summed E-state index contributed by atoms with van der Waals surface area (Å²) in [6.45, 7) is 4.21. The lowest BCUT2D eigenvalue weighted by atomic mass is 10.0. The molecule has 0 aliphatic carbocycles. The molecule has 0 saturated heterocycles. The molecular weight excluding hydrogens is 436 g/mol. The molecule has 0 aromatic heterocycles. The average Bonchev–Trinajstić information content (AvgIpc) is 2.74. The summed E-state index contributed by atoms with van der Waals surface area (Å²) in [5.74, 6) is -3.07. The number of nitrogens with two attached hydrogens (primary N) is 3. The summed E-state index contributed by atoms with van der Waals surface area (Å²) in [6, 6.07) is -3.86. The molecule has 0 heterocycles. The van der Waals surface area contributed by atoms with E-state index >= 15 is 0 Å². The number of nitrogens with one attached hydrogen (secondary N) is 3. The van der Waals surface area contributed by atoms with Gasteiger partial charge in [-0.1, -0.05) is 13.8 Å². The van der Waals surface area contributed by atoms with E-state index in [0.717, 1.165) is 0 Å². The second-order valence-corrected chi connectivity index (χ2v) is 8.41. The van der Waals surface area contributed by atoms with Crippen LogP contribution in [0.1, 0.15) is 52.4 Å². The van der Waals surface area contributed by atoms with Gasteiger partial charge in [0.2, 0.25) is 17.7 Å². The first kappa shape index (κ1) is 30.1. The van der Waals surface area contributed by atoms with Crippen molar-refractivity contribution in [1.82, 2.24) is 16.0 Å². The van der Waals surface area contributed by atoms with E-state index in [1.807, 2.05) is 0 Å². The van der Waals surface area contributed by atoms with Crippen molar-refractivity contribution in [2.75, 3.05) is 18.8 Å². The first-order chi connectivity index (χ1) is 15.1. The van der Waals surface area contributed by atoms with Crippen molar-refractivity contribution in [3.63, 3.8) is 0 Å². The lowest BCUT2D eigenvalue weighted by Gasteiger charge is -2.26. The highest BCUT2D eigenvalue weighted by molar-refractivity contribution is 7.80. The van der Waals surface area contributed by atoms with Crippen LogP contribution in [0.2, 0.25) is 0 Å². The quantitative estimate of drug-likeness (QED) is 0.0933. The Morgan fingerprint density at radius 2 is 1.25 bits per heavy atom. The van der Waals surface area contributed by atoms with Crippen molar-refractivity contribution in [1.29, 1.82) is 0 Å². The monoisotopic (exact) mass is 476 g/mol. The third-order valence-electron chi connectivity index (χ3n) is 4.92. The van der Waals surface area contributed by atoms with Crippen molar-refractivity contribution in [3.8, 4) is 0 Å². The molecule has 11 nitrogen and oxygen atoms in total. The highest BCUT2D eigenvalue weighted by Gasteiger charge is 2.30. The molecule has 0 fully saturated rings. The maximum Gasteiger partial charge on any atom is 0.326 e. The maximum absolute atomic E-state index is 12.9. The van der Waals surface area contributed by atoms with Crippen molar-refractivity contribution >= 4 is 36.3 Å².